The quantitative estimate of drug-likeness (QED) is 0.744. The van der Waals surface area contributed by atoms with Gasteiger partial charge in [0.1, 0.15) is 4.90 Å². The van der Waals surface area contributed by atoms with Crippen LogP contribution in [0, 0.1) is 0 Å². The summed E-state index contributed by atoms with van der Waals surface area (Å²) in [5, 5.41) is 1.09. The zero-order valence-electron chi connectivity index (χ0n) is 7.75. The third-order valence-electron chi connectivity index (χ3n) is 2.16. The molecular formula is C10H5Cl2FO2S. The minimum absolute atomic E-state index is 0.183. The van der Waals surface area contributed by atoms with Crippen molar-refractivity contribution in [1.29, 1.82) is 0 Å². The molecule has 0 aliphatic carbocycles. The van der Waals surface area contributed by atoms with Gasteiger partial charge in [0.15, 0.2) is 0 Å². The Bertz CT molecular complexity index is 660. The fraction of sp³-hybridized carbons (Fsp3) is 0. The molecule has 0 heterocycles. The van der Waals surface area contributed by atoms with E-state index >= 15 is 0 Å². The van der Waals surface area contributed by atoms with Gasteiger partial charge in [-0.05, 0) is 18.2 Å². The van der Waals surface area contributed by atoms with Gasteiger partial charge in [-0.25, -0.2) is 0 Å². The molecule has 0 bridgehead atoms. The van der Waals surface area contributed by atoms with Gasteiger partial charge in [-0.1, -0.05) is 35.3 Å². The molecular weight excluding hydrogens is 274 g/mol. The Kier molecular flexibility index (Phi) is 2.82. The van der Waals surface area contributed by atoms with E-state index in [1.165, 1.54) is 18.2 Å². The summed E-state index contributed by atoms with van der Waals surface area (Å²) in [4.78, 5) is -0.422. The van der Waals surface area contributed by atoms with Crippen LogP contribution in [0.25, 0.3) is 10.8 Å². The van der Waals surface area contributed by atoms with Crippen molar-refractivity contribution in [2.24, 2.45) is 0 Å². The molecule has 0 aliphatic heterocycles. The highest BCUT2D eigenvalue weighted by atomic mass is 35.5. The lowest BCUT2D eigenvalue weighted by Crippen LogP contribution is -1.93. The molecule has 84 valence electrons. The van der Waals surface area contributed by atoms with Gasteiger partial charge in [0.25, 0.3) is 0 Å². The third-order valence-corrected chi connectivity index (χ3v) is 3.67. The summed E-state index contributed by atoms with van der Waals surface area (Å²) in [6, 6.07) is 6.98. The van der Waals surface area contributed by atoms with Crippen molar-refractivity contribution in [3.8, 4) is 0 Å². The summed E-state index contributed by atoms with van der Waals surface area (Å²) in [5.41, 5.74) is 0. The van der Waals surface area contributed by atoms with Gasteiger partial charge in [0.05, 0.1) is 0 Å². The van der Waals surface area contributed by atoms with Crippen molar-refractivity contribution in [2.75, 3.05) is 0 Å². The van der Waals surface area contributed by atoms with Crippen LogP contribution in [0.3, 0.4) is 0 Å². The summed E-state index contributed by atoms with van der Waals surface area (Å²) in [6.07, 6.45) is 0. The van der Waals surface area contributed by atoms with Gasteiger partial charge in [-0.15, -0.1) is 3.89 Å². The van der Waals surface area contributed by atoms with Gasteiger partial charge in [-0.2, -0.15) is 8.42 Å². The fourth-order valence-corrected chi connectivity index (χ4v) is 2.76. The topological polar surface area (TPSA) is 34.1 Å². The SMILES string of the molecule is O=S(=O)(F)c1ccc(Cl)c2c(Cl)cccc12. The first-order valence-corrected chi connectivity index (χ1v) is 6.36. The molecule has 2 aromatic carbocycles. The number of hydrogen-bond acceptors (Lipinski definition) is 2. The standard InChI is InChI=1S/C10H5Cl2FO2S/c11-7-3-1-2-6-9(16(13,14)15)5-4-8(12)10(6)7/h1-5H. The number of halogens is 3. The predicted octanol–water partition coefficient (Wildman–Crippen LogP) is 3.80. The van der Waals surface area contributed by atoms with Gasteiger partial charge in [0, 0.05) is 20.8 Å². The van der Waals surface area contributed by atoms with Gasteiger partial charge in [-0.3, -0.25) is 0 Å². The summed E-state index contributed by atoms with van der Waals surface area (Å²) in [5.74, 6) is 0. The lowest BCUT2D eigenvalue weighted by atomic mass is 10.1. The molecule has 0 fully saturated rings. The highest BCUT2D eigenvalue weighted by molar-refractivity contribution is 7.86. The van der Waals surface area contributed by atoms with E-state index in [0.717, 1.165) is 6.07 Å². The monoisotopic (exact) mass is 278 g/mol. The van der Waals surface area contributed by atoms with E-state index < -0.39 is 15.1 Å². The maximum absolute atomic E-state index is 13.0. The summed E-state index contributed by atoms with van der Waals surface area (Å²) < 4.78 is 34.8. The van der Waals surface area contributed by atoms with Crippen molar-refractivity contribution in [1.82, 2.24) is 0 Å². The van der Waals surface area contributed by atoms with Crippen molar-refractivity contribution >= 4 is 44.2 Å². The molecule has 0 atom stereocenters. The maximum atomic E-state index is 13.0. The third kappa shape index (κ3) is 1.88. The second kappa shape index (κ2) is 3.87. The largest absolute Gasteiger partial charge is 0.332 e. The van der Waals surface area contributed by atoms with Crippen LogP contribution in [0.2, 0.25) is 10.0 Å². The minimum Gasteiger partial charge on any atom is -0.189 e. The first-order valence-electron chi connectivity index (χ1n) is 4.22. The molecule has 2 nitrogen and oxygen atoms in total. The lowest BCUT2D eigenvalue weighted by molar-refractivity contribution is 0.553. The van der Waals surface area contributed by atoms with Crippen LogP contribution < -0.4 is 0 Å². The Morgan fingerprint density at radius 3 is 2.25 bits per heavy atom. The average molecular weight is 279 g/mol. The molecule has 2 aromatic rings. The van der Waals surface area contributed by atoms with Crippen LogP contribution in [-0.4, -0.2) is 8.42 Å². The first kappa shape index (κ1) is 11.6. The van der Waals surface area contributed by atoms with E-state index in [2.05, 4.69) is 0 Å². The number of fused-ring (bicyclic) bond motifs is 1. The van der Waals surface area contributed by atoms with Crippen LogP contribution in [0.4, 0.5) is 3.89 Å². The highest BCUT2D eigenvalue weighted by Crippen LogP contribution is 2.34. The molecule has 0 aliphatic rings. The number of benzene rings is 2. The zero-order valence-corrected chi connectivity index (χ0v) is 10.1. The fourth-order valence-electron chi connectivity index (χ4n) is 1.51. The summed E-state index contributed by atoms with van der Waals surface area (Å²) >= 11 is 11.8. The second-order valence-corrected chi connectivity index (χ2v) is 5.28. The normalized spacial score (nSPS) is 11.9. The number of hydrogen-bond donors (Lipinski definition) is 0. The Morgan fingerprint density at radius 2 is 1.62 bits per heavy atom. The second-order valence-electron chi connectivity index (χ2n) is 3.15. The highest BCUT2D eigenvalue weighted by Gasteiger charge is 2.18. The van der Waals surface area contributed by atoms with E-state index in [0.29, 0.717) is 5.39 Å². The van der Waals surface area contributed by atoms with Crippen LogP contribution in [0.1, 0.15) is 0 Å². The van der Waals surface area contributed by atoms with E-state index in [1.807, 2.05) is 0 Å². The average Bonchev–Trinajstić information content (AvgIpc) is 2.16. The van der Waals surface area contributed by atoms with E-state index in [4.69, 9.17) is 23.2 Å². The van der Waals surface area contributed by atoms with Crippen LogP contribution in [-0.2, 0) is 10.2 Å². The molecule has 0 saturated heterocycles. The smallest absolute Gasteiger partial charge is 0.189 e. The van der Waals surface area contributed by atoms with Gasteiger partial charge in [0.2, 0.25) is 0 Å². The Hall–Kier alpha value is -0.840. The van der Waals surface area contributed by atoms with Crippen molar-refractivity contribution in [2.45, 2.75) is 4.90 Å². The molecule has 16 heavy (non-hydrogen) atoms. The molecule has 0 aromatic heterocycles. The molecule has 0 saturated carbocycles. The van der Waals surface area contributed by atoms with Crippen molar-refractivity contribution < 1.29 is 12.3 Å². The summed E-state index contributed by atoms with van der Waals surface area (Å²) in [6.45, 7) is 0. The van der Waals surface area contributed by atoms with Crippen LogP contribution in [0.5, 0.6) is 0 Å². The molecule has 2 rings (SSSR count). The molecule has 6 heteroatoms. The number of rotatable bonds is 1. The Morgan fingerprint density at radius 1 is 1.00 bits per heavy atom. The predicted molar refractivity (Wildman–Crippen MR) is 62.3 cm³/mol. The molecule has 0 unspecified atom stereocenters. The van der Waals surface area contributed by atoms with Gasteiger partial charge < -0.3 is 0 Å². The molecule has 0 radical (unpaired) electrons. The molecule has 0 N–H and O–H groups in total. The van der Waals surface area contributed by atoms with E-state index in [1.54, 1.807) is 6.07 Å². The van der Waals surface area contributed by atoms with Crippen molar-refractivity contribution in [3.63, 3.8) is 0 Å². The Balaban J connectivity index is 3.02. The molecule has 0 amide bonds. The maximum Gasteiger partial charge on any atom is 0.332 e. The van der Waals surface area contributed by atoms with E-state index in [9.17, 15) is 12.3 Å². The van der Waals surface area contributed by atoms with Crippen molar-refractivity contribution in [3.05, 3.63) is 40.4 Å². The first-order chi connectivity index (χ1) is 7.41. The van der Waals surface area contributed by atoms with Gasteiger partial charge >= 0.3 is 10.2 Å². The Labute approximate surface area is 102 Å². The molecule has 0 spiro atoms. The zero-order chi connectivity index (χ0) is 11.9. The van der Waals surface area contributed by atoms with Crippen LogP contribution in [0.15, 0.2) is 35.2 Å². The minimum atomic E-state index is -4.78. The van der Waals surface area contributed by atoms with Crippen LogP contribution >= 0.6 is 23.2 Å². The van der Waals surface area contributed by atoms with E-state index in [-0.39, 0.29) is 15.4 Å². The summed E-state index contributed by atoms with van der Waals surface area (Å²) in [7, 11) is -4.78. The lowest BCUT2D eigenvalue weighted by Gasteiger charge is -2.05.